The highest BCUT2D eigenvalue weighted by Crippen LogP contribution is 2.16. The molecule has 0 bridgehead atoms. The number of imidazole rings is 1. The summed E-state index contributed by atoms with van der Waals surface area (Å²) in [6, 6.07) is 10.2. The van der Waals surface area contributed by atoms with Crippen molar-refractivity contribution in [3.8, 4) is 0 Å². The molecule has 3 aromatic rings. The quantitative estimate of drug-likeness (QED) is 0.712. The molecule has 1 N–H and O–H groups in total. The standard InChI is InChI=1S/C14H13N3S/c1-10-6-7-15-8-11(10)9-17-13-5-3-2-4-12(13)16-14(17)18/h2-8H,9H2,1H3,(H,16,18). The molecule has 3 nitrogen and oxygen atoms in total. The van der Waals surface area contributed by atoms with E-state index in [0.717, 1.165) is 22.3 Å². The van der Waals surface area contributed by atoms with Crippen molar-refractivity contribution in [1.29, 1.82) is 0 Å². The lowest BCUT2D eigenvalue weighted by Crippen LogP contribution is -2.01. The molecular formula is C14H13N3S. The van der Waals surface area contributed by atoms with Crippen LogP contribution in [0.25, 0.3) is 11.0 Å². The summed E-state index contributed by atoms with van der Waals surface area (Å²) in [5.74, 6) is 0. The number of fused-ring (bicyclic) bond motifs is 1. The van der Waals surface area contributed by atoms with Crippen LogP contribution in [0.3, 0.4) is 0 Å². The Balaban J connectivity index is 2.13. The number of para-hydroxylation sites is 2. The number of aromatic nitrogens is 3. The van der Waals surface area contributed by atoms with Gasteiger partial charge in [-0.3, -0.25) is 4.98 Å². The van der Waals surface area contributed by atoms with Gasteiger partial charge in [0.1, 0.15) is 0 Å². The van der Waals surface area contributed by atoms with E-state index in [2.05, 4.69) is 27.5 Å². The number of nitrogens with zero attached hydrogens (tertiary/aromatic N) is 2. The van der Waals surface area contributed by atoms with Crippen LogP contribution in [-0.4, -0.2) is 14.5 Å². The van der Waals surface area contributed by atoms with Gasteiger partial charge < -0.3 is 9.55 Å². The summed E-state index contributed by atoms with van der Waals surface area (Å²) in [5.41, 5.74) is 4.63. The monoisotopic (exact) mass is 255 g/mol. The fourth-order valence-corrected chi connectivity index (χ4v) is 2.37. The largest absolute Gasteiger partial charge is 0.331 e. The lowest BCUT2D eigenvalue weighted by Gasteiger charge is -2.07. The molecular weight excluding hydrogens is 242 g/mol. The maximum Gasteiger partial charge on any atom is 0.178 e. The molecule has 0 amide bonds. The van der Waals surface area contributed by atoms with Crippen LogP contribution in [0.5, 0.6) is 0 Å². The Bertz CT molecular complexity index is 755. The number of aryl methyl sites for hydroxylation is 1. The predicted octanol–water partition coefficient (Wildman–Crippen LogP) is 3.45. The minimum absolute atomic E-state index is 0.749. The van der Waals surface area contributed by atoms with Crippen LogP contribution < -0.4 is 0 Å². The molecule has 2 heterocycles. The number of benzene rings is 1. The van der Waals surface area contributed by atoms with Gasteiger partial charge in [0.05, 0.1) is 17.6 Å². The van der Waals surface area contributed by atoms with Crippen molar-refractivity contribution in [3.63, 3.8) is 0 Å². The van der Waals surface area contributed by atoms with Crippen LogP contribution in [0.1, 0.15) is 11.1 Å². The number of aromatic amines is 1. The van der Waals surface area contributed by atoms with Gasteiger partial charge in [-0.15, -0.1) is 0 Å². The fourth-order valence-electron chi connectivity index (χ4n) is 2.10. The average Bonchev–Trinajstić information content (AvgIpc) is 2.69. The third-order valence-electron chi connectivity index (χ3n) is 3.16. The van der Waals surface area contributed by atoms with E-state index < -0.39 is 0 Å². The van der Waals surface area contributed by atoms with Gasteiger partial charge in [-0.2, -0.15) is 0 Å². The van der Waals surface area contributed by atoms with E-state index in [0.29, 0.717) is 0 Å². The van der Waals surface area contributed by atoms with Crippen LogP contribution in [0.15, 0.2) is 42.7 Å². The Hall–Kier alpha value is -1.94. The molecule has 18 heavy (non-hydrogen) atoms. The van der Waals surface area contributed by atoms with Crippen molar-refractivity contribution in [1.82, 2.24) is 14.5 Å². The molecule has 1 aromatic carbocycles. The van der Waals surface area contributed by atoms with E-state index >= 15 is 0 Å². The minimum atomic E-state index is 0.749. The number of hydrogen-bond donors (Lipinski definition) is 1. The van der Waals surface area contributed by atoms with E-state index in [9.17, 15) is 0 Å². The summed E-state index contributed by atoms with van der Waals surface area (Å²) < 4.78 is 2.86. The normalized spacial score (nSPS) is 10.9. The van der Waals surface area contributed by atoms with Crippen LogP contribution in [0, 0.1) is 11.7 Å². The minimum Gasteiger partial charge on any atom is -0.331 e. The Labute approximate surface area is 110 Å². The second kappa shape index (κ2) is 4.38. The first-order valence-corrected chi connectivity index (χ1v) is 6.23. The number of hydrogen-bond acceptors (Lipinski definition) is 2. The first-order valence-electron chi connectivity index (χ1n) is 5.83. The lowest BCUT2D eigenvalue weighted by atomic mass is 10.1. The van der Waals surface area contributed by atoms with Gasteiger partial charge in [-0.05, 0) is 48.5 Å². The maximum atomic E-state index is 5.38. The zero-order valence-corrected chi connectivity index (χ0v) is 10.9. The van der Waals surface area contributed by atoms with Crippen molar-refractivity contribution >= 4 is 23.3 Å². The third kappa shape index (κ3) is 1.84. The Morgan fingerprint density at radius 1 is 1.28 bits per heavy atom. The molecule has 2 aromatic heterocycles. The summed E-state index contributed by atoms with van der Waals surface area (Å²) in [6.07, 6.45) is 3.71. The van der Waals surface area contributed by atoms with Gasteiger partial charge in [-0.1, -0.05) is 12.1 Å². The molecule has 0 saturated carbocycles. The number of pyridine rings is 1. The van der Waals surface area contributed by atoms with Crippen molar-refractivity contribution in [2.45, 2.75) is 13.5 Å². The van der Waals surface area contributed by atoms with E-state index in [1.807, 2.05) is 36.7 Å². The molecule has 3 rings (SSSR count). The van der Waals surface area contributed by atoms with Crippen molar-refractivity contribution in [2.75, 3.05) is 0 Å². The third-order valence-corrected chi connectivity index (χ3v) is 3.48. The SMILES string of the molecule is Cc1ccncc1Cn1c(=S)[nH]c2ccccc21. The van der Waals surface area contributed by atoms with Crippen LogP contribution in [0.4, 0.5) is 0 Å². The molecule has 0 aliphatic rings. The second-order valence-corrected chi connectivity index (χ2v) is 4.72. The van der Waals surface area contributed by atoms with Gasteiger partial charge in [-0.25, -0.2) is 0 Å². The highest BCUT2D eigenvalue weighted by Gasteiger charge is 2.05. The molecule has 0 saturated heterocycles. The van der Waals surface area contributed by atoms with E-state index in [-0.39, 0.29) is 0 Å². The van der Waals surface area contributed by atoms with Gasteiger partial charge in [0.15, 0.2) is 4.77 Å². The fraction of sp³-hybridized carbons (Fsp3) is 0.143. The molecule has 0 radical (unpaired) electrons. The van der Waals surface area contributed by atoms with Gasteiger partial charge >= 0.3 is 0 Å². The maximum absolute atomic E-state index is 5.38. The Morgan fingerprint density at radius 3 is 2.94 bits per heavy atom. The van der Waals surface area contributed by atoms with Crippen LogP contribution >= 0.6 is 12.2 Å². The predicted molar refractivity (Wildman–Crippen MR) is 75.2 cm³/mol. The highest BCUT2D eigenvalue weighted by atomic mass is 32.1. The molecule has 0 unspecified atom stereocenters. The topological polar surface area (TPSA) is 33.6 Å². The molecule has 4 heteroatoms. The molecule has 0 atom stereocenters. The van der Waals surface area contributed by atoms with Crippen LogP contribution in [0.2, 0.25) is 0 Å². The molecule has 0 aliphatic heterocycles. The first kappa shape index (κ1) is 11.2. The van der Waals surface area contributed by atoms with Crippen molar-refractivity contribution < 1.29 is 0 Å². The van der Waals surface area contributed by atoms with Gasteiger partial charge in [0.25, 0.3) is 0 Å². The Morgan fingerprint density at radius 2 is 2.11 bits per heavy atom. The van der Waals surface area contributed by atoms with Crippen LogP contribution in [-0.2, 0) is 6.54 Å². The van der Waals surface area contributed by atoms with Gasteiger partial charge in [0, 0.05) is 12.4 Å². The number of nitrogens with one attached hydrogen (secondary N) is 1. The molecule has 0 spiro atoms. The van der Waals surface area contributed by atoms with E-state index in [1.54, 1.807) is 0 Å². The summed E-state index contributed by atoms with van der Waals surface area (Å²) in [5, 5.41) is 0. The summed E-state index contributed by atoms with van der Waals surface area (Å²) in [6.45, 7) is 2.85. The van der Waals surface area contributed by atoms with E-state index in [4.69, 9.17) is 12.2 Å². The average molecular weight is 255 g/mol. The zero-order chi connectivity index (χ0) is 12.5. The summed E-state index contributed by atoms with van der Waals surface area (Å²) in [7, 11) is 0. The van der Waals surface area contributed by atoms with Crippen molar-refractivity contribution in [2.24, 2.45) is 0 Å². The molecule has 0 aliphatic carbocycles. The Kier molecular flexibility index (Phi) is 2.72. The second-order valence-electron chi connectivity index (χ2n) is 4.34. The van der Waals surface area contributed by atoms with Crippen molar-refractivity contribution in [3.05, 3.63) is 58.6 Å². The lowest BCUT2D eigenvalue weighted by molar-refractivity contribution is 0.800. The summed E-state index contributed by atoms with van der Waals surface area (Å²) >= 11 is 5.38. The summed E-state index contributed by atoms with van der Waals surface area (Å²) in [4.78, 5) is 7.40. The number of H-pyrrole nitrogens is 1. The molecule has 90 valence electrons. The van der Waals surface area contributed by atoms with E-state index in [1.165, 1.54) is 11.1 Å². The molecule has 0 fully saturated rings. The van der Waals surface area contributed by atoms with Gasteiger partial charge in [0.2, 0.25) is 0 Å². The smallest absolute Gasteiger partial charge is 0.178 e. The highest BCUT2D eigenvalue weighted by molar-refractivity contribution is 7.71. The zero-order valence-electron chi connectivity index (χ0n) is 10.1. The number of rotatable bonds is 2. The first-order chi connectivity index (χ1) is 8.75.